The van der Waals surface area contributed by atoms with Crippen LogP contribution in [0.25, 0.3) is 0 Å². The molecule has 0 heterocycles. The van der Waals surface area contributed by atoms with E-state index in [-0.39, 0.29) is 23.7 Å². The van der Waals surface area contributed by atoms with Gasteiger partial charge in [-0.3, -0.25) is 14.9 Å². The van der Waals surface area contributed by atoms with Crippen molar-refractivity contribution in [2.24, 2.45) is 11.8 Å². The van der Waals surface area contributed by atoms with Gasteiger partial charge in [0.2, 0.25) is 5.91 Å². The number of ether oxygens (including phenoxy) is 1. The second-order valence-corrected chi connectivity index (χ2v) is 8.25. The topological polar surface area (TPSA) is 96.5 Å². The lowest BCUT2D eigenvalue weighted by atomic mass is 10.0. The maximum Gasteiger partial charge on any atom is 0.411 e. The molecule has 31 heavy (non-hydrogen) atoms. The highest BCUT2D eigenvalue weighted by molar-refractivity contribution is 6.01. The van der Waals surface area contributed by atoms with Crippen LogP contribution in [0.1, 0.15) is 43.6 Å². The standard InChI is InChI=1S/C24H31N3O4/c1-15(2)14-31-24(30)26-20-8-6-7-19(13-20)25-23(29)21(16(3)4)27-22(28)18-11-9-17(5)10-12-18/h6-13,15-16,21H,14H2,1-5H3,(H,25,29)(H,26,30)(H,27,28). The fraction of sp³-hybridized carbons (Fsp3) is 0.375. The van der Waals surface area contributed by atoms with Crippen LogP contribution in [0.5, 0.6) is 0 Å². The highest BCUT2D eigenvalue weighted by Gasteiger charge is 2.25. The summed E-state index contributed by atoms with van der Waals surface area (Å²) < 4.78 is 5.11. The van der Waals surface area contributed by atoms with Crippen molar-refractivity contribution in [3.63, 3.8) is 0 Å². The first-order valence-electron chi connectivity index (χ1n) is 10.4. The van der Waals surface area contributed by atoms with Gasteiger partial charge in [0.15, 0.2) is 0 Å². The summed E-state index contributed by atoms with van der Waals surface area (Å²) in [6.07, 6.45) is -0.553. The third-order valence-corrected chi connectivity index (χ3v) is 4.47. The molecule has 2 aromatic rings. The summed E-state index contributed by atoms with van der Waals surface area (Å²) in [5.74, 6) is -0.534. The molecule has 3 amide bonds. The molecule has 2 rings (SSSR count). The molecule has 3 N–H and O–H groups in total. The van der Waals surface area contributed by atoms with Crippen molar-refractivity contribution in [1.29, 1.82) is 0 Å². The Morgan fingerprint density at radius 3 is 2.10 bits per heavy atom. The Balaban J connectivity index is 2.02. The molecule has 0 aromatic heterocycles. The van der Waals surface area contributed by atoms with Crippen LogP contribution in [-0.2, 0) is 9.53 Å². The Morgan fingerprint density at radius 2 is 1.52 bits per heavy atom. The zero-order valence-electron chi connectivity index (χ0n) is 18.7. The molecule has 7 heteroatoms. The maximum atomic E-state index is 12.8. The van der Waals surface area contributed by atoms with E-state index in [1.54, 1.807) is 36.4 Å². The van der Waals surface area contributed by atoms with Crippen molar-refractivity contribution in [1.82, 2.24) is 5.32 Å². The number of aryl methyl sites for hydroxylation is 1. The predicted octanol–water partition coefficient (Wildman–Crippen LogP) is 4.59. The summed E-state index contributed by atoms with van der Waals surface area (Å²) in [6, 6.07) is 13.2. The fourth-order valence-corrected chi connectivity index (χ4v) is 2.76. The van der Waals surface area contributed by atoms with Gasteiger partial charge in [0.1, 0.15) is 6.04 Å². The summed E-state index contributed by atoms with van der Waals surface area (Å²) >= 11 is 0. The Labute approximate surface area is 183 Å². The van der Waals surface area contributed by atoms with Crippen LogP contribution >= 0.6 is 0 Å². The second kappa shape index (κ2) is 11.2. The number of hydrogen-bond donors (Lipinski definition) is 3. The molecule has 0 fully saturated rings. The van der Waals surface area contributed by atoms with Crippen molar-refractivity contribution in [2.75, 3.05) is 17.2 Å². The van der Waals surface area contributed by atoms with Gasteiger partial charge in [-0.2, -0.15) is 0 Å². The molecule has 0 bridgehead atoms. The molecule has 0 aliphatic rings. The highest BCUT2D eigenvalue weighted by Crippen LogP contribution is 2.17. The lowest BCUT2D eigenvalue weighted by Gasteiger charge is -2.22. The van der Waals surface area contributed by atoms with Gasteiger partial charge in [0.05, 0.1) is 6.61 Å². The number of amides is 3. The molecular weight excluding hydrogens is 394 g/mol. The summed E-state index contributed by atoms with van der Waals surface area (Å²) in [7, 11) is 0. The average molecular weight is 426 g/mol. The van der Waals surface area contributed by atoms with E-state index in [0.717, 1.165) is 5.56 Å². The normalized spacial score (nSPS) is 11.7. The van der Waals surface area contributed by atoms with Gasteiger partial charge < -0.3 is 15.4 Å². The van der Waals surface area contributed by atoms with Gasteiger partial charge >= 0.3 is 6.09 Å². The molecule has 2 aromatic carbocycles. The number of nitrogens with one attached hydrogen (secondary N) is 3. The van der Waals surface area contributed by atoms with Crippen molar-refractivity contribution in [3.05, 3.63) is 59.7 Å². The number of rotatable bonds is 8. The maximum absolute atomic E-state index is 12.8. The highest BCUT2D eigenvalue weighted by atomic mass is 16.5. The average Bonchev–Trinajstić information content (AvgIpc) is 2.70. The first-order chi connectivity index (χ1) is 14.7. The van der Waals surface area contributed by atoms with Crippen molar-refractivity contribution < 1.29 is 19.1 Å². The Hall–Kier alpha value is -3.35. The quantitative estimate of drug-likeness (QED) is 0.576. The van der Waals surface area contributed by atoms with Gasteiger partial charge in [-0.15, -0.1) is 0 Å². The van der Waals surface area contributed by atoms with Crippen LogP contribution < -0.4 is 16.0 Å². The summed E-state index contributed by atoms with van der Waals surface area (Å²) in [6.45, 7) is 9.89. The Kier molecular flexibility index (Phi) is 8.61. The van der Waals surface area contributed by atoms with E-state index in [1.165, 1.54) is 0 Å². The van der Waals surface area contributed by atoms with E-state index in [4.69, 9.17) is 4.74 Å². The summed E-state index contributed by atoms with van der Waals surface area (Å²) in [4.78, 5) is 37.3. The molecule has 0 aliphatic carbocycles. The predicted molar refractivity (Wildman–Crippen MR) is 122 cm³/mol. The minimum Gasteiger partial charge on any atom is -0.449 e. The molecule has 1 atom stereocenters. The molecule has 1 unspecified atom stereocenters. The lowest BCUT2D eigenvalue weighted by molar-refractivity contribution is -0.118. The molecule has 0 radical (unpaired) electrons. The smallest absolute Gasteiger partial charge is 0.411 e. The van der Waals surface area contributed by atoms with Crippen LogP contribution in [0.3, 0.4) is 0 Å². The third kappa shape index (κ3) is 7.77. The van der Waals surface area contributed by atoms with Gasteiger partial charge in [0, 0.05) is 16.9 Å². The van der Waals surface area contributed by atoms with Gasteiger partial charge in [-0.1, -0.05) is 51.5 Å². The Bertz CT molecular complexity index is 907. The van der Waals surface area contributed by atoms with Crippen molar-refractivity contribution in [3.8, 4) is 0 Å². The van der Waals surface area contributed by atoms with E-state index in [2.05, 4.69) is 16.0 Å². The number of anilines is 2. The van der Waals surface area contributed by atoms with Gasteiger partial charge in [0.25, 0.3) is 5.91 Å². The number of hydrogen-bond acceptors (Lipinski definition) is 4. The minimum absolute atomic E-state index is 0.123. The van der Waals surface area contributed by atoms with Crippen LogP contribution in [0.4, 0.5) is 16.2 Å². The summed E-state index contributed by atoms with van der Waals surface area (Å²) in [5, 5.41) is 8.25. The van der Waals surface area contributed by atoms with E-state index < -0.39 is 12.1 Å². The van der Waals surface area contributed by atoms with Crippen LogP contribution in [-0.4, -0.2) is 30.6 Å². The number of benzene rings is 2. The largest absolute Gasteiger partial charge is 0.449 e. The number of carbonyl (C=O) groups excluding carboxylic acids is 3. The first-order valence-corrected chi connectivity index (χ1v) is 10.4. The SMILES string of the molecule is Cc1ccc(C(=O)NC(C(=O)Nc2cccc(NC(=O)OCC(C)C)c2)C(C)C)cc1. The monoisotopic (exact) mass is 425 g/mol. The summed E-state index contributed by atoms with van der Waals surface area (Å²) in [5.41, 5.74) is 2.55. The number of carbonyl (C=O) groups is 3. The molecule has 0 saturated carbocycles. The van der Waals surface area contributed by atoms with Crippen molar-refractivity contribution >= 4 is 29.3 Å². The van der Waals surface area contributed by atoms with E-state index in [0.29, 0.717) is 23.5 Å². The zero-order chi connectivity index (χ0) is 23.0. The van der Waals surface area contributed by atoms with Crippen LogP contribution in [0, 0.1) is 18.8 Å². The van der Waals surface area contributed by atoms with Crippen LogP contribution in [0.15, 0.2) is 48.5 Å². The molecule has 7 nitrogen and oxygen atoms in total. The molecule has 0 saturated heterocycles. The van der Waals surface area contributed by atoms with Crippen LogP contribution in [0.2, 0.25) is 0 Å². The van der Waals surface area contributed by atoms with E-state index in [9.17, 15) is 14.4 Å². The van der Waals surface area contributed by atoms with Gasteiger partial charge in [-0.05, 0) is 49.1 Å². The van der Waals surface area contributed by atoms with E-state index >= 15 is 0 Å². The molecule has 166 valence electrons. The fourth-order valence-electron chi connectivity index (χ4n) is 2.76. The minimum atomic E-state index is -0.721. The van der Waals surface area contributed by atoms with E-state index in [1.807, 2.05) is 46.8 Å². The molecule has 0 aliphatic heterocycles. The molecular formula is C24H31N3O4. The van der Waals surface area contributed by atoms with Gasteiger partial charge in [-0.25, -0.2) is 4.79 Å². The third-order valence-electron chi connectivity index (χ3n) is 4.47. The second-order valence-electron chi connectivity index (χ2n) is 8.25. The zero-order valence-corrected chi connectivity index (χ0v) is 18.7. The van der Waals surface area contributed by atoms with Crippen molar-refractivity contribution in [2.45, 2.75) is 40.7 Å². The Morgan fingerprint density at radius 1 is 0.903 bits per heavy atom. The first kappa shape index (κ1) is 23.9. The molecule has 0 spiro atoms. The lowest BCUT2D eigenvalue weighted by Crippen LogP contribution is -2.47.